The van der Waals surface area contributed by atoms with Crippen molar-refractivity contribution in [2.75, 3.05) is 13.2 Å². The highest BCUT2D eigenvalue weighted by molar-refractivity contribution is 5.77. The first-order chi connectivity index (χ1) is 15.0. The lowest BCUT2D eigenvalue weighted by Crippen LogP contribution is -2.28. The number of rotatable bonds is 11. The highest BCUT2D eigenvalue weighted by atomic mass is 16.5. The number of hydrogen-bond acceptors (Lipinski definition) is 3. The molecule has 2 aromatic carbocycles. The molecule has 0 spiro atoms. The van der Waals surface area contributed by atoms with E-state index in [-0.39, 0.29) is 11.8 Å². The number of amides is 1. The number of para-hydroxylation sites is 2. The molecule has 0 atom stereocenters. The Morgan fingerprint density at radius 1 is 1.06 bits per heavy atom. The summed E-state index contributed by atoms with van der Waals surface area (Å²) < 4.78 is 8.40. The maximum absolute atomic E-state index is 11.6. The molecule has 0 radical (unpaired) electrons. The molecule has 1 N–H and O–H groups in total. The number of hydrogen-bond donors (Lipinski definition) is 1. The molecule has 0 aliphatic carbocycles. The maximum atomic E-state index is 11.6. The van der Waals surface area contributed by atoms with Gasteiger partial charge >= 0.3 is 0 Å². The molecular formula is C26H35N3O2. The number of nitrogens with zero attached hydrogens (tertiary/aromatic N) is 2. The lowest BCUT2D eigenvalue weighted by Gasteiger charge is -2.13. The van der Waals surface area contributed by atoms with E-state index in [1.54, 1.807) is 0 Å². The predicted molar refractivity (Wildman–Crippen MR) is 127 cm³/mol. The Morgan fingerprint density at radius 3 is 2.68 bits per heavy atom. The van der Waals surface area contributed by atoms with Gasteiger partial charge in [0.25, 0.3) is 0 Å². The van der Waals surface area contributed by atoms with Crippen LogP contribution in [0.3, 0.4) is 0 Å². The molecule has 0 saturated heterocycles. The van der Waals surface area contributed by atoms with E-state index in [0.29, 0.717) is 6.61 Å². The fourth-order valence-electron chi connectivity index (χ4n) is 3.69. The SMILES string of the molecule is Cc1cccc(OCCn2c(CCCCCNC(=O)C(C)C)nc3ccccc32)c1C. The van der Waals surface area contributed by atoms with Crippen LogP contribution in [0.5, 0.6) is 5.75 Å². The van der Waals surface area contributed by atoms with E-state index in [0.717, 1.165) is 61.4 Å². The van der Waals surface area contributed by atoms with Crippen molar-refractivity contribution in [3.05, 3.63) is 59.4 Å². The van der Waals surface area contributed by atoms with Crippen LogP contribution in [0.1, 0.15) is 50.1 Å². The van der Waals surface area contributed by atoms with Crippen LogP contribution >= 0.6 is 0 Å². The quantitative estimate of drug-likeness (QED) is 0.432. The number of benzene rings is 2. The second kappa shape index (κ2) is 11.0. The average Bonchev–Trinajstić information content (AvgIpc) is 3.10. The topological polar surface area (TPSA) is 56.1 Å². The molecule has 5 heteroatoms. The summed E-state index contributed by atoms with van der Waals surface area (Å²) in [4.78, 5) is 16.5. The Balaban J connectivity index is 1.57. The molecule has 0 saturated carbocycles. The zero-order valence-electron chi connectivity index (χ0n) is 19.3. The van der Waals surface area contributed by atoms with E-state index in [9.17, 15) is 4.79 Å². The summed E-state index contributed by atoms with van der Waals surface area (Å²) in [6.07, 6.45) is 4.05. The molecule has 1 amide bonds. The first-order valence-corrected chi connectivity index (χ1v) is 11.4. The molecule has 0 unspecified atom stereocenters. The monoisotopic (exact) mass is 421 g/mol. The molecule has 5 nitrogen and oxygen atoms in total. The van der Waals surface area contributed by atoms with Gasteiger partial charge in [-0.2, -0.15) is 0 Å². The van der Waals surface area contributed by atoms with Gasteiger partial charge in [0.15, 0.2) is 0 Å². The van der Waals surface area contributed by atoms with Crippen LogP contribution in [0.15, 0.2) is 42.5 Å². The highest BCUT2D eigenvalue weighted by Gasteiger charge is 2.11. The summed E-state index contributed by atoms with van der Waals surface area (Å²) >= 11 is 0. The van der Waals surface area contributed by atoms with E-state index in [1.165, 1.54) is 11.1 Å². The zero-order chi connectivity index (χ0) is 22.2. The third kappa shape index (κ3) is 6.09. The highest BCUT2D eigenvalue weighted by Crippen LogP contribution is 2.22. The zero-order valence-corrected chi connectivity index (χ0v) is 19.3. The normalized spacial score (nSPS) is 11.3. The summed E-state index contributed by atoms with van der Waals surface area (Å²) in [5, 5.41) is 2.99. The minimum absolute atomic E-state index is 0.0470. The molecule has 0 bridgehead atoms. The van der Waals surface area contributed by atoms with Crippen molar-refractivity contribution in [3.8, 4) is 5.75 Å². The van der Waals surface area contributed by atoms with Crippen LogP contribution in [0, 0.1) is 19.8 Å². The molecule has 3 rings (SSSR count). The van der Waals surface area contributed by atoms with Crippen molar-refractivity contribution in [2.45, 2.75) is 59.9 Å². The Bertz CT molecular complexity index is 1010. The third-order valence-corrected chi connectivity index (χ3v) is 5.76. The Morgan fingerprint density at radius 2 is 1.87 bits per heavy atom. The number of imidazole rings is 1. The first-order valence-electron chi connectivity index (χ1n) is 11.4. The van der Waals surface area contributed by atoms with Gasteiger partial charge in [-0.3, -0.25) is 4.79 Å². The van der Waals surface area contributed by atoms with Gasteiger partial charge in [0.2, 0.25) is 5.91 Å². The van der Waals surface area contributed by atoms with Crippen molar-refractivity contribution >= 4 is 16.9 Å². The lowest BCUT2D eigenvalue weighted by molar-refractivity contribution is -0.123. The van der Waals surface area contributed by atoms with Gasteiger partial charge in [0.05, 0.1) is 17.6 Å². The van der Waals surface area contributed by atoms with Gasteiger partial charge in [0, 0.05) is 18.9 Å². The van der Waals surface area contributed by atoms with Gasteiger partial charge in [-0.25, -0.2) is 4.98 Å². The largest absolute Gasteiger partial charge is 0.491 e. The molecule has 1 aromatic heterocycles. The van der Waals surface area contributed by atoms with Gasteiger partial charge in [-0.1, -0.05) is 44.5 Å². The summed E-state index contributed by atoms with van der Waals surface area (Å²) in [5.41, 5.74) is 4.64. The van der Waals surface area contributed by atoms with Crippen molar-refractivity contribution < 1.29 is 9.53 Å². The number of fused-ring (bicyclic) bond motifs is 1. The number of carbonyl (C=O) groups excluding carboxylic acids is 1. The smallest absolute Gasteiger partial charge is 0.222 e. The minimum Gasteiger partial charge on any atom is -0.491 e. The van der Waals surface area contributed by atoms with Crippen molar-refractivity contribution in [3.63, 3.8) is 0 Å². The maximum Gasteiger partial charge on any atom is 0.222 e. The molecule has 0 aliphatic rings. The third-order valence-electron chi connectivity index (χ3n) is 5.76. The summed E-state index contributed by atoms with van der Waals surface area (Å²) in [6.45, 7) is 10.2. The molecule has 166 valence electrons. The number of ether oxygens (including phenoxy) is 1. The standard InChI is InChI=1S/C26H35N3O2/c1-19(2)26(30)27-16-9-5-6-15-25-28-22-12-7-8-13-23(22)29(25)17-18-31-24-14-10-11-20(3)21(24)4/h7-8,10-14,19H,5-6,9,15-18H2,1-4H3,(H,27,30). The van der Waals surface area contributed by atoms with E-state index in [1.807, 2.05) is 32.0 Å². The van der Waals surface area contributed by atoms with Crippen LogP contribution in [0.2, 0.25) is 0 Å². The van der Waals surface area contributed by atoms with Crippen LogP contribution in [0.4, 0.5) is 0 Å². The molecule has 1 heterocycles. The number of aromatic nitrogens is 2. The lowest BCUT2D eigenvalue weighted by atomic mass is 10.1. The Hall–Kier alpha value is -2.82. The fraction of sp³-hybridized carbons (Fsp3) is 0.462. The second-order valence-electron chi connectivity index (χ2n) is 8.47. The van der Waals surface area contributed by atoms with Gasteiger partial charge in [-0.15, -0.1) is 0 Å². The minimum atomic E-state index is 0.0470. The fourth-order valence-corrected chi connectivity index (χ4v) is 3.69. The molecular weight excluding hydrogens is 386 g/mol. The van der Waals surface area contributed by atoms with E-state index >= 15 is 0 Å². The molecule has 0 aliphatic heterocycles. The van der Waals surface area contributed by atoms with Gasteiger partial charge in [0.1, 0.15) is 18.2 Å². The summed E-state index contributed by atoms with van der Waals surface area (Å²) in [6, 6.07) is 14.5. The second-order valence-corrected chi connectivity index (χ2v) is 8.47. The Kier molecular flexibility index (Phi) is 8.10. The number of aryl methyl sites for hydroxylation is 2. The summed E-state index contributed by atoms with van der Waals surface area (Å²) in [7, 11) is 0. The number of carbonyl (C=O) groups is 1. The van der Waals surface area contributed by atoms with Crippen molar-refractivity contribution in [2.24, 2.45) is 5.92 Å². The van der Waals surface area contributed by atoms with E-state index in [2.05, 4.69) is 48.0 Å². The van der Waals surface area contributed by atoms with Crippen LogP contribution in [0.25, 0.3) is 11.0 Å². The molecule has 31 heavy (non-hydrogen) atoms. The first kappa shape index (κ1) is 22.9. The van der Waals surface area contributed by atoms with Crippen LogP contribution in [-0.4, -0.2) is 28.6 Å². The summed E-state index contributed by atoms with van der Waals surface area (Å²) in [5.74, 6) is 2.24. The van der Waals surface area contributed by atoms with Crippen LogP contribution in [-0.2, 0) is 17.8 Å². The number of unbranched alkanes of at least 4 members (excludes halogenated alkanes) is 2. The average molecular weight is 422 g/mol. The molecule has 0 fully saturated rings. The van der Waals surface area contributed by atoms with Crippen LogP contribution < -0.4 is 10.1 Å². The predicted octanol–water partition coefficient (Wildman–Crippen LogP) is 5.22. The number of nitrogens with one attached hydrogen (secondary N) is 1. The van der Waals surface area contributed by atoms with Crippen molar-refractivity contribution in [1.82, 2.24) is 14.9 Å². The molecule has 3 aromatic rings. The van der Waals surface area contributed by atoms with E-state index < -0.39 is 0 Å². The van der Waals surface area contributed by atoms with E-state index in [4.69, 9.17) is 9.72 Å². The van der Waals surface area contributed by atoms with Gasteiger partial charge < -0.3 is 14.6 Å². The Labute approximate surface area is 185 Å². The van der Waals surface area contributed by atoms with Gasteiger partial charge in [-0.05, 0) is 56.0 Å². The van der Waals surface area contributed by atoms with Crippen molar-refractivity contribution in [1.29, 1.82) is 0 Å².